The van der Waals surface area contributed by atoms with Gasteiger partial charge in [0, 0.05) is 5.92 Å². The van der Waals surface area contributed by atoms with E-state index in [1.807, 2.05) is 6.92 Å². The number of carboxylic acid groups (broad SMARTS) is 1. The molecule has 2 unspecified atom stereocenters. The summed E-state index contributed by atoms with van der Waals surface area (Å²) >= 11 is 0. The first kappa shape index (κ1) is 16.3. The van der Waals surface area contributed by atoms with E-state index in [0.717, 1.165) is 12.8 Å². The van der Waals surface area contributed by atoms with E-state index in [0.29, 0.717) is 6.42 Å². The first-order valence-corrected chi connectivity index (χ1v) is 7.08. The fraction of sp³-hybridized carbons (Fsp3) is 0.900. The Morgan fingerprint density at radius 1 is 1.29 bits per heavy atom. The number of hydrogen-bond acceptors (Lipinski definition) is 4. The second-order valence-electron chi connectivity index (χ2n) is 4.08. The first-order chi connectivity index (χ1) is 7.71. The molecule has 0 aliphatic carbocycles. The zero-order valence-electron chi connectivity index (χ0n) is 10.1. The van der Waals surface area contributed by atoms with E-state index in [-0.39, 0.29) is 12.8 Å². The molecule has 17 heavy (non-hydrogen) atoms. The number of carboxylic acids is 1. The van der Waals surface area contributed by atoms with Gasteiger partial charge in [0.05, 0.1) is 0 Å². The van der Waals surface area contributed by atoms with Crippen molar-refractivity contribution in [2.45, 2.75) is 50.9 Å². The lowest BCUT2D eigenvalue weighted by molar-refractivity contribution is -0.155. The van der Waals surface area contributed by atoms with Gasteiger partial charge in [-0.3, -0.25) is 4.55 Å². The molecule has 0 saturated heterocycles. The summed E-state index contributed by atoms with van der Waals surface area (Å²) in [5.74, 6) is -2.94. The molecule has 0 aromatic heterocycles. The minimum Gasteiger partial charge on any atom is -0.478 e. The number of unbranched alkanes of at least 4 members (excludes halogenated alkanes) is 2. The Hall–Kier alpha value is -0.660. The van der Waals surface area contributed by atoms with Crippen LogP contribution in [0.25, 0.3) is 0 Å². The lowest BCUT2D eigenvalue weighted by atomic mass is 9.92. The Bertz CT molecular complexity index is 350. The van der Waals surface area contributed by atoms with Crippen molar-refractivity contribution in [1.29, 1.82) is 0 Å². The third-order valence-corrected chi connectivity index (χ3v) is 4.20. The van der Waals surface area contributed by atoms with Gasteiger partial charge in [-0.1, -0.05) is 33.1 Å². The Morgan fingerprint density at radius 2 is 1.82 bits per heavy atom. The molecule has 2 atom stereocenters. The number of rotatable bonds is 8. The van der Waals surface area contributed by atoms with Crippen LogP contribution in [-0.2, 0) is 14.9 Å². The van der Waals surface area contributed by atoms with Crippen molar-refractivity contribution in [2.75, 3.05) is 0 Å². The third kappa shape index (κ3) is 3.65. The SMILES string of the molecule is CCCCCC(CC)C(O)(C(=O)O)S(=O)(=O)O. The van der Waals surface area contributed by atoms with Gasteiger partial charge in [-0.05, 0) is 12.8 Å². The van der Waals surface area contributed by atoms with Crippen LogP contribution in [0.2, 0.25) is 0 Å². The van der Waals surface area contributed by atoms with Crippen molar-refractivity contribution in [2.24, 2.45) is 5.92 Å². The quantitative estimate of drug-likeness (QED) is 0.451. The maximum atomic E-state index is 11.1. The smallest absolute Gasteiger partial charge is 0.354 e. The Morgan fingerprint density at radius 3 is 2.12 bits per heavy atom. The molecule has 3 N–H and O–H groups in total. The molecule has 0 aromatic rings. The van der Waals surface area contributed by atoms with Gasteiger partial charge in [0.25, 0.3) is 4.93 Å². The van der Waals surface area contributed by atoms with Gasteiger partial charge in [-0.15, -0.1) is 0 Å². The van der Waals surface area contributed by atoms with Crippen LogP contribution in [0.1, 0.15) is 46.0 Å². The fourth-order valence-electron chi connectivity index (χ4n) is 1.81. The second-order valence-corrected chi connectivity index (χ2v) is 5.65. The molecule has 0 bridgehead atoms. The number of hydrogen-bond donors (Lipinski definition) is 3. The van der Waals surface area contributed by atoms with Crippen LogP contribution in [0.15, 0.2) is 0 Å². The van der Waals surface area contributed by atoms with E-state index in [9.17, 15) is 18.3 Å². The van der Waals surface area contributed by atoms with Gasteiger partial charge in [-0.25, -0.2) is 4.79 Å². The lowest BCUT2D eigenvalue weighted by Crippen LogP contribution is -2.52. The highest BCUT2D eigenvalue weighted by molar-refractivity contribution is 7.87. The van der Waals surface area contributed by atoms with E-state index >= 15 is 0 Å². The number of aliphatic hydroxyl groups is 1. The fourth-order valence-corrected chi connectivity index (χ4v) is 2.74. The maximum absolute atomic E-state index is 11.1. The van der Waals surface area contributed by atoms with Crippen LogP contribution in [0, 0.1) is 5.92 Å². The van der Waals surface area contributed by atoms with Crippen molar-refractivity contribution in [3.8, 4) is 0 Å². The predicted octanol–water partition coefficient (Wildman–Crippen LogP) is 1.25. The summed E-state index contributed by atoms with van der Waals surface area (Å²) in [7, 11) is -5.06. The summed E-state index contributed by atoms with van der Waals surface area (Å²) in [5.41, 5.74) is 0. The summed E-state index contributed by atoms with van der Waals surface area (Å²) in [6.45, 7) is 3.53. The molecule has 0 amide bonds. The molecule has 0 fully saturated rings. The molecule has 0 rings (SSSR count). The van der Waals surface area contributed by atoms with Gasteiger partial charge in [0.1, 0.15) is 0 Å². The zero-order chi connectivity index (χ0) is 13.7. The summed E-state index contributed by atoms with van der Waals surface area (Å²) in [6, 6.07) is 0. The lowest BCUT2D eigenvalue weighted by Gasteiger charge is -2.28. The van der Waals surface area contributed by atoms with E-state index in [4.69, 9.17) is 9.66 Å². The molecule has 6 nitrogen and oxygen atoms in total. The second kappa shape index (κ2) is 6.32. The van der Waals surface area contributed by atoms with E-state index < -0.39 is 26.9 Å². The van der Waals surface area contributed by atoms with Crippen molar-refractivity contribution in [3.05, 3.63) is 0 Å². The maximum Gasteiger partial charge on any atom is 0.354 e. The largest absolute Gasteiger partial charge is 0.478 e. The highest BCUT2D eigenvalue weighted by atomic mass is 32.2. The summed E-state index contributed by atoms with van der Waals surface area (Å²) < 4.78 is 31.0. The van der Waals surface area contributed by atoms with Crippen LogP contribution >= 0.6 is 0 Å². The summed E-state index contributed by atoms with van der Waals surface area (Å²) in [4.78, 5) is 7.81. The normalized spacial score (nSPS) is 17.4. The van der Waals surface area contributed by atoms with Gasteiger partial charge >= 0.3 is 16.1 Å². The monoisotopic (exact) mass is 268 g/mol. The molecule has 0 aliphatic heterocycles. The molecule has 0 saturated carbocycles. The predicted molar refractivity (Wildman–Crippen MR) is 62.1 cm³/mol. The average molecular weight is 268 g/mol. The van der Waals surface area contributed by atoms with Crippen molar-refractivity contribution in [3.63, 3.8) is 0 Å². The topological polar surface area (TPSA) is 112 Å². The van der Waals surface area contributed by atoms with E-state index in [1.165, 1.54) is 0 Å². The first-order valence-electron chi connectivity index (χ1n) is 5.64. The molecule has 0 radical (unpaired) electrons. The van der Waals surface area contributed by atoms with Crippen LogP contribution in [0.4, 0.5) is 0 Å². The van der Waals surface area contributed by atoms with Gasteiger partial charge in [0.15, 0.2) is 0 Å². The molecule has 0 aromatic carbocycles. The molecular weight excluding hydrogens is 248 g/mol. The zero-order valence-corrected chi connectivity index (χ0v) is 10.9. The third-order valence-electron chi connectivity index (χ3n) is 2.90. The Kier molecular flexibility index (Phi) is 6.08. The van der Waals surface area contributed by atoms with Crippen LogP contribution < -0.4 is 0 Å². The molecule has 0 aliphatic rings. The highest BCUT2D eigenvalue weighted by Crippen LogP contribution is 2.31. The van der Waals surface area contributed by atoms with Crippen molar-refractivity contribution in [1.82, 2.24) is 0 Å². The Balaban J connectivity index is 5.09. The molecule has 7 heteroatoms. The minimum atomic E-state index is -5.06. The van der Waals surface area contributed by atoms with E-state index in [2.05, 4.69) is 0 Å². The van der Waals surface area contributed by atoms with Crippen LogP contribution in [0.3, 0.4) is 0 Å². The molecule has 102 valence electrons. The van der Waals surface area contributed by atoms with Gasteiger partial charge in [0.2, 0.25) is 0 Å². The van der Waals surface area contributed by atoms with Crippen LogP contribution in [0.5, 0.6) is 0 Å². The van der Waals surface area contributed by atoms with Crippen LogP contribution in [-0.4, -0.2) is 34.1 Å². The van der Waals surface area contributed by atoms with Gasteiger partial charge < -0.3 is 10.2 Å². The average Bonchev–Trinajstić information content (AvgIpc) is 2.21. The molecule has 0 heterocycles. The molecule has 0 spiro atoms. The molecular formula is C10H20O6S. The summed E-state index contributed by atoms with van der Waals surface area (Å²) in [5, 5.41) is 18.6. The minimum absolute atomic E-state index is 0.159. The number of aliphatic carboxylic acids is 1. The summed E-state index contributed by atoms with van der Waals surface area (Å²) in [6.07, 6.45) is 2.73. The number of carbonyl (C=O) groups is 1. The van der Waals surface area contributed by atoms with Crippen molar-refractivity contribution >= 4 is 16.1 Å². The van der Waals surface area contributed by atoms with Gasteiger partial charge in [-0.2, -0.15) is 8.42 Å². The highest BCUT2D eigenvalue weighted by Gasteiger charge is 2.54. The van der Waals surface area contributed by atoms with Crippen molar-refractivity contribution < 1.29 is 28.0 Å². The Labute approximate surface area is 101 Å². The van der Waals surface area contributed by atoms with E-state index in [1.54, 1.807) is 6.92 Å². The standard InChI is InChI=1S/C10H20O6S/c1-3-5-6-7-8(4-2)10(13,9(11)12)17(14,15)16/h8,13H,3-7H2,1-2H3,(H,11,12)(H,14,15,16).